The molecule has 1 unspecified atom stereocenters. The average molecular weight is 335 g/mol. The maximum atomic E-state index is 12.4. The number of benzene rings is 1. The Morgan fingerprint density at radius 1 is 1.35 bits per heavy atom. The molecule has 2 aromatic rings. The van der Waals surface area contributed by atoms with Gasteiger partial charge in [0.2, 0.25) is 5.91 Å². The molecule has 5 nitrogen and oxygen atoms in total. The van der Waals surface area contributed by atoms with E-state index in [1.807, 2.05) is 43.5 Å². The molecule has 1 aromatic heterocycles. The lowest BCUT2D eigenvalue weighted by molar-refractivity contribution is -0.126. The largest absolute Gasteiger partial charge is 0.348 e. The van der Waals surface area contributed by atoms with Crippen LogP contribution in [0.2, 0.25) is 0 Å². The van der Waals surface area contributed by atoms with E-state index in [0.717, 1.165) is 36.9 Å². The highest BCUT2D eigenvalue weighted by atomic mass is 35.5. The number of halogens is 1. The van der Waals surface area contributed by atoms with Gasteiger partial charge in [-0.3, -0.25) is 4.79 Å². The summed E-state index contributed by atoms with van der Waals surface area (Å²) in [6, 6.07) is 9.82. The van der Waals surface area contributed by atoms with Crippen LogP contribution in [-0.4, -0.2) is 21.2 Å². The minimum atomic E-state index is -0.687. The molecule has 1 saturated carbocycles. The Kier molecular flexibility index (Phi) is 5.44. The van der Waals surface area contributed by atoms with Crippen molar-refractivity contribution in [3.63, 3.8) is 0 Å². The fourth-order valence-corrected chi connectivity index (χ4v) is 3.01. The summed E-state index contributed by atoms with van der Waals surface area (Å²) >= 11 is 0. The second-order valence-corrected chi connectivity index (χ2v) is 6.10. The third-order valence-corrected chi connectivity index (χ3v) is 4.43. The molecule has 23 heavy (non-hydrogen) atoms. The monoisotopic (exact) mass is 334 g/mol. The summed E-state index contributed by atoms with van der Waals surface area (Å²) in [7, 11) is 0. The van der Waals surface area contributed by atoms with Gasteiger partial charge in [-0.2, -0.15) is 5.10 Å². The van der Waals surface area contributed by atoms with E-state index in [0.29, 0.717) is 0 Å². The predicted octanol–water partition coefficient (Wildman–Crippen LogP) is 2.74. The molecule has 0 spiro atoms. The second kappa shape index (κ2) is 7.15. The van der Waals surface area contributed by atoms with E-state index in [-0.39, 0.29) is 24.4 Å². The summed E-state index contributed by atoms with van der Waals surface area (Å²) in [5.41, 5.74) is 7.55. The third kappa shape index (κ3) is 3.74. The van der Waals surface area contributed by atoms with E-state index in [2.05, 4.69) is 10.4 Å². The molecular formula is C17H23ClN4O. The molecule has 3 rings (SSSR count). The van der Waals surface area contributed by atoms with E-state index in [4.69, 9.17) is 5.73 Å². The van der Waals surface area contributed by atoms with Crippen LogP contribution in [0.5, 0.6) is 0 Å². The first kappa shape index (κ1) is 17.5. The number of aromatic nitrogens is 2. The zero-order chi connectivity index (χ0) is 15.6. The van der Waals surface area contributed by atoms with Gasteiger partial charge in [-0.25, -0.2) is 4.68 Å². The molecule has 1 fully saturated rings. The van der Waals surface area contributed by atoms with Crippen molar-refractivity contribution >= 4 is 18.3 Å². The number of amides is 1. The van der Waals surface area contributed by atoms with Gasteiger partial charge in [0, 0.05) is 12.4 Å². The smallest absolute Gasteiger partial charge is 0.240 e. The van der Waals surface area contributed by atoms with Gasteiger partial charge >= 0.3 is 0 Å². The lowest BCUT2D eigenvalue weighted by Gasteiger charge is -2.25. The van der Waals surface area contributed by atoms with Crippen LogP contribution in [0, 0.1) is 0 Å². The van der Waals surface area contributed by atoms with Gasteiger partial charge in [-0.05, 0) is 43.5 Å². The van der Waals surface area contributed by atoms with Crippen LogP contribution >= 0.6 is 12.4 Å². The number of hydrogen-bond donors (Lipinski definition) is 2. The Hall–Kier alpha value is -1.85. The van der Waals surface area contributed by atoms with Crippen LogP contribution in [0.25, 0.3) is 5.69 Å². The first-order valence-electron chi connectivity index (χ1n) is 7.78. The highest BCUT2D eigenvalue weighted by Gasteiger charge is 2.37. The molecule has 1 aliphatic carbocycles. The van der Waals surface area contributed by atoms with Crippen molar-refractivity contribution < 1.29 is 4.79 Å². The van der Waals surface area contributed by atoms with Crippen LogP contribution in [0.15, 0.2) is 42.7 Å². The minimum Gasteiger partial charge on any atom is -0.348 e. The minimum absolute atomic E-state index is 0. The molecular weight excluding hydrogens is 312 g/mol. The molecule has 1 aromatic carbocycles. The average Bonchev–Trinajstić information content (AvgIpc) is 3.19. The summed E-state index contributed by atoms with van der Waals surface area (Å²) in [5.74, 6) is -0.0398. The molecule has 3 N–H and O–H groups in total. The van der Waals surface area contributed by atoms with Crippen molar-refractivity contribution in [1.29, 1.82) is 0 Å². The number of rotatable bonds is 4. The molecule has 0 radical (unpaired) electrons. The number of carbonyl (C=O) groups is 1. The van der Waals surface area contributed by atoms with Gasteiger partial charge in [0.05, 0.1) is 17.3 Å². The van der Waals surface area contributed by atoms with Crippen molar-refractivity contribution in [1.82, 2.24) is 15.1 Å². The summed E-state index contributed by atoms with van der Waals surface area (Å²) in [5, 5.41) is 7.29. The van der Waals surface area contributed by atoms with E-state index in [1.165, 1.54) is 0 Å². The number of carbonyl (C=O) groups excluding carboxylic acids is 1. The van der Waals surface area contributed by atoms with Gasteiger partial charge in [0.15, 0.2) is 0 Å². The van der Waals surface area contributed by atoms with Gasteiger partial charge in [0.1, 0.15) is 0 Å². The molecule has 0 aliphatic heterocycles. The number of hydrogen-bond acceptors (Lipinski definition) is 3. The first-order chi connectivity index (χ1) is 10.6. The number of nitrogens with one attached hydrogen (secondary N) is 1. The Balaban J connectivity index is 0.00000192. The van der Waals surface area contributed by atoms with Crippen LogP contribution < -0.4 is 11.1 Å². The lowest BCUT2D eigenvalue weighted by Crippen LogP contribution is -2.52. The van der Waals surface area contributed by atoms with Crippen molar-refractivity contribution in [2.24, 2.45) is 5.73 Å². The van der Waals surface area contributed by atoms with Crippen LogP contribution in [-0.2, 0) is 4.79 Å². The molecule has 6 heteroatoms. The van der Waals surface area contributed by atoms with E-state index in [9.17, 15) is 4.79 Å². The van der Waals surface area contributed by atoms with E-state index < -0.39 is 5.54 Å². The zero-order valence-corrected chi connectivity index (χ0v) is 14.1. The summed E-state index contributed by atoms with van der Waals surface area (Å²) < 4.78 is 1.80. The fraction of sp³-hybridized carbons (Fsp3) is 0.412. The van der Waals surface area contributed by atoms with Gasteiger partial charge in [-0.15, -0.1) is 12.4 Å². The van der Waals surface area contributed by atoms with E-state index in [1.54, 1.807) is 10.9 Å². The van der Waals surface area contributed by atoms with E-state index >= 15 is 0 Å². The summed E-state index contributed by atoms with van der Waals surface area (Å²) in [6.45, 7) is 1.98. The standard InChI is InChI=1S/C17H22N4O.ClH/c1-13(20-16(22)17(18)8-2-3-9-17)14-6-4-7-15(12-14)21-11-5-10-19-21;/h4-7,10-13H,2-3,8-9,18H2,1H3,(H,20,22);1H. The SMILES string of the molecule is CC(NC(=O)C1(N)CCCC1)c1cccc(-n2cccn2)c1.Cl. The molecule has 1 atom stereocenters. The van der Waals surface area contributed by atoms with Crippen molar-refractivity contribution in [2.75, 3.05) is 0 Å². The summed E-state index contributed by atoms with van der Waals surface area (Å²) in [6.07, 6.45) is 7.27. The fourth-order valence-electron chi connectivity index (χ4n) is 3.01. The lowest BCUT2D eigenvalue weighted by atomic mass is 9.97. The molecule has 0 saturated heterocycles. The maximum Gasteiger partial charge on any atom is 0.240 e. The second-order valence-electron chi connectivity index (χ2n) is 6.10. The zero-order valence-electron chi connectivity index (χ0n) is 13.2. The van der Waals surface area contributed by atoms with Crippen molar-refractivity contribution in [2.45, 2.75) is 44.2 Å². The Morgan fingerprint density at radius 3 is 2.74 bits per heavy atom. The molecule has 124 valence electrons. The highest BCUT2D eigenvalue weighted by Crippen LogP contribution is 2.28. The third-order valence-electron chi connectivity index (χ3n) is 4.43. The maximum absolute atomic E-state index is 12.4. The van der Waals surface area contributed by atoms with Gasteiger partial charge in [0.25, 0.3) is 0 Å². The molecule has 1 heterocycles. The topological polar surface area (TPSA) is 72.9 Å². The Labute approximate surface area is 142 Å². The van der Waals surface area contributed by atoms with Crippen molar-refractivity contribution in [3.05, 3.63) is 48.3 Å². The van der Waals surface area contributed by atoms with Crippen LogP contribution in [0.3, 0.4) is 0 Å². The quantitative estimate of drug-likeness (QED) is 0.903. The summed E-state index contributed by atoms with van der Waals surface area (Å²) in [4.78, 5) is 12.4. The first-order valence-corrected chi connectivity index (χ1v) is 7.78. The normalized spacial score (nSPS) is 17.3. The molecule has 0 bridgehead atoms. The molecule has 1 amide bonds. The van der Waals surface area contributed by atoms with Gasteiger partial charge < -0.3 is 11.1 Å². The Bertz CT molecular complexity index is 650. The highest BCUT2D eigenvalue weighted by molar-refractivity contribution is 5.86. The predicted molar refractivity (Wildman–Crippen MR) is 92.8 cm³/mol. The van der Waals surface area contributed by atoms with Gasteiger partial charge in [-0.1, -0.05) is 25.0 Å². The van der Waals surface area contributed by atoms with Crippen LogP contribution in [0.4, 0.5) is 0 Å². The molecule has 1 aliphatic rings. The Morgan fingerprint density at radius 2 is 2.09 bits per heavy atom. The van der Waals surface area contributed by atoms with Crippen molar-refractivity contribution in [3.8, 4) is 5.69 Å². The van der Waals surface area contributed by atoms with Crippen LogP contribution in [0.1, 0.15) is 44.2 Å². The number of nitrogens with two attached hydrogens (primary N) is 1. The number of nitrogens with zero attached hydrogens (tertiary/aromatic N) is 2.